The molecule has 1 nitrogen and oxygen atoms in total. The van der Waals surface area contributed by atoms with Crippen LogP contribution in [-0.2, 0) is 20.8 Å². The fourth-order valence-corrected chi connectivity index (χ4v) is 2.87. The zero-order chi connectivity index (χ0) is 7.56. The second-order valence-corrected chi connectivity index (χ2v) is 5.18. The van der Waals surface area contributed by atoms with Gasteiger partial charge < -0.3 is 0 Å². The second kappa shape index (κ2) is 3.47. The molecule has 56 valence electrons. The maximum absolute atomic E-state index is 5.32. The van der Waals surface area contributed by atoms with E-state index in [2.05, 4.69) is 10.2 Å². The van der Waals surface area contributed by atoms with E-state index < -0.39 is 0 Å². The average molecular weight is 173 g/mol. The Morgan fingerprint density at radius 3 is 3.00 bits per heavy atom. The van der Waals surface area contributed by atoms with Gasteiger partial charge in [0.15, 0.2) is 0 Å². The Morgan fingerprint density at radius 1 is 1.80 bits per heavy atom. The maximum Gasteiger partial charge on any atom is 0.0807 e. The monoisotopic (exact) mass is 173 g/mol. The molecular formula is C7H11NS2. The van der Waals surface area contributed by atoms with E-state index in [9.17, 15) is 0 Å². The van der Waals surface area contributed by atoms with Crippen LogP contribution in [0.25, 0.3) is 0 Å². The van der Waals surface area contributed by atoms with Gasteiger partial charge in [-0.05, 0) is 31.1 Å². The minimum absolute atomic E-state index is 0.00926. The van der Waals surface area contributed by atoms with Crippen LogP contribution in [0.2, 0.25) is 0 Å². The number of terminal acetylenes is 1. The summed E-state index contributed by atoms with van der Waals surface area (Å²) in [6.07, 6.45) is 7.64. The number of hydrogen-bond donors (Lipinski definition) is 0. The molecule has 1 fully saturated rings. The van der Waals surface area contributed by atoms with Crippen LogP contribution in [0.4, 0.5) is 0 Å². The van der Waals surface area contributed by atoms with Gasteiger partial charge in [-0.25, -0.2) is 4.31 Å². The summed E-state index contributed by atoms with van der Waals surface area (Å²) in [5, 5.41) is 0. The third-order valence-electron chi connectivity index (χ3n) is 1.75. The summed E-state index contributed by atoms with van der Waals surface area (Å²) in [5.41, 5.74) is 0. The molecule has 0 amide bonds. The van der Waals surface area contributed by atoms with Gasteiger partial charge in [0.05, 0.1) is 6.04 Å². The van der Waals surface area contributed by atoms with Crippen molar-refractivity contribution < 1.29 is 0 Å². The first kappa shape index (κ1) is 8.19. The van der Waals surface area contributed by atoms with Crippen LogP contribution in [-0.4, -0.2) is 23.1 Å². The SMILES string of the molecule is C#CC1CCCS(=S)N1C. The third-order valence-corrected chi connectivity index (χ3v) is 4.49. The van der Waals surface area contributed by atoms with Crippen molar-refractivity contribution in [1.82, 2.24) is 4.31 Å². The second-order valence-electron chi connectivity index (χ2n) is 2.40. The minimum atomic E-state index is 0.00926. The molecule has 3 heteroatoms. The fourth-order valence-electron chi connectivity index (χ4n) is 1.06. The standard InChI is InChI=1S/C7H11NS2/c1-3-7-5-4-6-10(9)8(7)2/h1,7H,4-6H2,2H3. The van der Waals surface area contributed by atoms with E-state index in [4.69, 9.17) is 17.6 Å². The molecule has 0 aliphatic carbocycles. The van der Waals surface area contributed by atoms with Crippen molar-refractivity contribution in [3.05, 3.63) is 0 Å². The van der Waals surface area contributed by atoms with E-state index in [0.717, 1.165) is 12.2 Å². The van der Waals surface area contributed by atoms with Crippen molar-refractivity contribution in [2.24, 2.45) is 0 Å². The molecule has 0 bridgehead atoms. The van der Waals surface area contributed by atoms with Crippen LogP contribution in [0.5, 0.6) is 0 Å². The molecule has 0 saturated carbocycles. The van der Waals surface area contributed by atoms with E-state index in [1.54, 1.807) is 0 Å². The molecular weight excluding hydrogens is 162 g/mol. The maximum atomic E-state index is 5.32. The quantitative estimate of drug-likeness (QED) is 0.496. The summed E-state index contributed by atoms with van der Waals surface area (Å²) in [4.78, 5) is 0. The highest BCUT2D eigenvalue weighted by Gasteiger charge is 2.19. The summed E-state index contributed by atoms with van der Waals surface area (Å²) in [5.74, 6) is 3.89. The summed E-state index contributed by atoms with van der Waals surface area (Å²) in [7, 11) is 2.04. The van der Waals surface area contributed by atoms with Gasteiger partial charge in [-0.1, -0.05) is 15.6 Å². The van der Waals surface area contributed by atoms with Gasteiger partial charge in [-0.3, -0.25) is 0 Å². The largest absolute Gasteiger partial charge is 0.236 e. The Balaban J connectivity index is 2.61. The van der Waals surface area contributed by atoms with Gasteiger partial charge in [0.25, 0.3) is 0 Å². The highest BCUT2D eigenvalue weighted by atomic mass is 32.8. The van der Waals surface area contributed by atoms with Gasteiger partial charge in [-0.15, -0.1) is 6.42 Å². The zero-order valence-electron chi connectivity index (χ0n) is 6.04. The molecule has 1 saturated heterocycles. The number of rotatable bonds is 0. The van der Waals surface area contributed by atoms with Crippen molar-refractivity contribution in [1.29, 1.82) is 0 Å². The zero-order valence-corrected chi connectivity index (χ0v) is 7.67. The molecule has 0 aromatic carbocycles. The van der Waals surface area contributed by atoms with Crippen LogP contribution < -0.4 is 0 Å². The molecule has 0 aromatic rings. The molecule has 1 heterocycles. The molecule has 1 aliphatic heterocycles. The minimum Gasteiger partial charge on any atom is -0.236 e. The number of nitrogens with zero attached hydrogens (tertiary/aromatic N) is 1. The average Bonchev–Trinajstić information content (AvgIpc) is 1.95. The van der Waals surface area contributed by atoms with E-state index in [0.29, 0.717) is 6.04 Å². The van der Waals surface area contributed by atoms with Gasteiger partial charge in [0.2, 0.25) is 0 Å². The number of hydrogen-bond acceptors (Lipinski definition) is 1. The van der Waals surface area contributed by atoms with Gasteiger partial charge in [-0.2, -0.15) is 0 Å². The highest BCUT2D eigenvalue weighted by Crippen LogP contribution is 2.14. The first-order valence-electron chi connectivity index (χ1n) is 3.33. The molecule has 1 rings (SSSR count). The molecule has 2 unspecified atom stereocenters. The van der Waals surface area contributed by atoms with Crippen molar-refractivity contribution in [3.8, 4) is 12.3 Å². The lowest BCUT2D eigenvalue weighted by molar-refractivity contribution is 0.437. The Hall–Kier alpha value is 0.0900. The summed E-state index contributed by atoms with van der Waals surface area (Å²) in [6.45, 7) is 0. The predicted octanol–water partition coefficient (Wildman–Crippen LogP) is 0.709. The smallest absolute Gasteiger partial charge is 0.0807 e. The van der Waals surface area contributed by atoms with Crippen LogP contribution in [0, 0.1) is 12.3 Å². The van der Waals surface area contributed by atoms with Gasteiger partial charge in [0.1, 0.15) is 0 Å². The summed E-state index contributed by atoms with van der Waals surface area (Å²) in [6, 6.07) is 0.301. The van der Waals surface area contributed by atoms with E-state index >= 15 is 0 Å². The van der Waals surface area contributed by atoms with Crippen molar-refractivity contribution in [2.45, 2.75) is 18.9 Å². The summed E-state index contributed by atoms with van der Waals surface area (Å²) < 4.78 is 2.14. The molecule has 0 spiro atoms. The van der Waals surface area contributed by atoms with Crippen LogP contribution in [0.15, 0.2) is 0 Å². The molecule has 0 aromatic heterocycles. The van der Waals surface area contributed by atoms with Crippen molar-refractivity contribution >= 4 is 20.8 Å². The Labute approximate surface area is 69.5 Å². The Bertz CT molecular complexity index is 183. The normalized spacial score (nSPS) is 35.2. The highest BCUT2D eigenvalue weighted by molar-refractivity contribution is 8.27. The fraction of sp³-hybridized carbons (Fsp3) is 0.714. The lowest BCUT2D eigenvalue weighted by Gasteiger charge is -2.29. The molecule has 0 N–H and O–H groups in total. The molecule has 10 heavy (non-hydrogen) atoms. The lowest BCUT2D eigenvalue weighted by Crippen LogP contribution is -2.37. The summed E-state index contributed by atoms with van der Waals surface area (Å²) >= 11 is 5.21. The lowest BCUT2D eigenvalue weighted by atomic mass is 10.2. The van der Waals surface area contributed by atoms with Crippen LogP contribution >= 0.6 is 0 Å². The van der Waals surface area contributed by atoms with Gasteiger partial charge >= 0.3 is 0 Å². The Morgan fingerprint density at radius 2 is 2.50 bits per heavy atom. The van der Waals surface area contributed by atoms with E-state index in [1.165, 1.54) is 6.42 Å². The van der Waals surface area contributed by atoms with Crippen molar-refractivity contribution in [3.63, 3.8) is 0 Å². The van der Waals surface area contributed by atoms with Gasteiger partial charge in [0, 0.05) is 5.75 Å². The van der Waals surface area contributed by atoms with Crippen LogP contribution in [0.1, 0.15) is 12.8 Å². The van der Waals surface area contributed by atoms with E-state index in [-0.39, 0.29) is 9.64 Å². The molecule has 2 atom stereocenters. The third kappa shape index (κ3) is 1.57. The van der Waals surface area contributed by atoms with Crippen LogP contribution in [0.3, 0.4) is 0 Å². The van der Waals surface area contributed by atoms with E-state index in [1.807, 2.05) is 7.05 Å². The first-order chi connectivity index (χ1) is 4.75. The predicted molar refractivity (Wildman–Crippen MR) is 49.2 cm³/mol. The molecule has 1 aliphatic rings. The van der Waals surface area contributed by atoms with Crippen molar-refractivity contribution in [2.75, 3.05) is 12.8 Å². The topological polar surface area (TPSA) is 3.24 Å². The Kier molecular flexibility index (Phi) is 2.84. The first-order valence-corrected chi connectivity index (χ1v) is 5.60. The molecule has 0 radical (unpaired) electrons.